The highest BCUT2D eigenvalue weighted by Crippen LogP contribution is 2.25. The molecule has 0 radical (unpaired) electrons. The van der Waals surface area contributed by atoms with Gasteiger partial charge >= 0.3 is 0 Å². The van der Waals surface area contributed by atoms with E-state index in [9.17, 15) is 4.79 Å². The standard InChI is InChI=1S/C17H22N2OS/c1-13(12-19-8-4-5-9-19)11-18-17(20)16-10-14-6-2-3-7-15(14)21-16/h2-3,6-7,10,13H,4-5,8-9,11-12H2,1H3,(H,18,20). The number of hydrogen-bond acceptors (Lipinski definition) is 3. The predicted molar refractivity (Wildman–Crippen MR) is 89.0 cm³/mol. The summed E-state index contributed by atoms with van der Waals surface area (Å²) in [7, 11) is 0. The van der Waals surface area contributed by atoms with Crippen LogP contribution < -0.4 is 5.32 Å². The van der Waals surface area contributed by atoms with Gasteiger partial charge in [0.25, 0.3) is 5.91 Å². The SMILES string of the molecule is CC(CNC(=O)c1cc2ccccc2s1)CN1CCCC1. The van der Waals surface area contributed by atoms with Crippen LogP contribution in [-0.4, -0.2) is 37.0 Å². The van der Waals surface area contributed by atoms with Gasteiger partial charge in [-0.1, -0.05) is 25.1 Å². The summed E-state index contributed by atoms with van der Waals surface area (Å²) in [6.07, 6.45) is 2.64. The Hall–Kier alpha value is -1.39. The molecular weight excluding hydrogens is 280 g/mol. The number of thiophene rings is 1. The van der Waals surface area contributed by atoms with Gasteiger partial charge in [-0.15, -0.1) is 11.3 Å². The van der Waals surface area contributed by atoms with Crippen LogP contribution >= 0.6 is 11.3 Å². The van der Waals surface area contributed by atoms with Crippen LogP contribution in [0.15, 0.2) is 30.3 Å². The molecule has 3 nitrogen and oxygen atoms in total. The Labute approximate surface area is 130 Å². The number of benzene rings is 1. The molecule has 1 fully saturated rings. The maximum absolute atomic E-state index is 12.2. The zero-order valence-corrected chi connectivity index (χ0v) is 13.3. The van der Waals surface area contributed by atoms with E-state index in [2.05, 4.69) is 29.3 Å². The van der Waals surface area contributed by atoms with E-state index in [1.807, 2.05) is 18.2 Å². The number of rotatable bonds is 5. The quantitative estimate of drug-likeness (QED) is 0.918. The van der Waals surface area contributed by atoms with Crippen molar-refractivity contribution in [1.82, 2.24) is 10.2 Å². The van der Waals surface area contributed by atoms with Crippen LogP contribution in [0.4, 0.5) is 0 Å². The third-order valence-electron chi connectivity index (χ3n) is 4.03. The van der Waals surface area contributed by atoms with Crippen LogP contribution in [0.2, 0.25) is 0 Å². The van der Waals surface area contributed by atoms with E-state index in [4.69, 9.17) is 0 Å². The first kappa shape index (κ1) is 14.5. The minimum Gasteiger partial charge on any atom is -0.351 e. The van der Waals surface area contributed by atoms with Gasteiger partial charge in [0.15, 0.2) is 0 Å². The lowest BCUT2D eigenvalue weighted by Crippen LogP contribution is -2.34. The monoisotopic (exact) mass is 302 g/mol. The zero-order chi connectivity index (χ0) is 14.7. The molecule has 1 atom stereocenters. The van der Waals surface area contributed by atoms with Crippen LogP contribution in [0.3, 0.4) is 0 Å². The molecule has 1 aromatic heterocycles. The summed E-state index contributed by atoms with van der Waals surface area (Å²) >= 11 is 1.57. The molecule has 1 aliphatic heterocycles. The van der Waals surface area contributed by atoms with E-state index in [1.165, 1.54) is 30.6 Å². The number of nitrogens with one attached hydrogen (secondary N) is 1. The van der Waals surface area contributed by atoms with Gasteiger partial charge in [-0.3, -0.25) is 4.79 Å². The van der Waals surface area contributed by atoms with E-state index in [-0.39, 0.29) is 5.91 Å². The smallest absolute Gasteiger partial charge is 0.261 e. The second-order valence-electron chi connectivity index (χ2n) is 5.97. The van der Waals surface area contributed by atoms with Crippen molar-refractivity contribution in [1.29, 1.82) is 0 Å². The lowest BCUT2D eigenvalue weighted by molar-refractivity contribution is 0.0949. The van der Waals surface area contributed by atoms with E-state index in [0.29, 0.717) is 5.92 Å². The van der Waals surface area contributed by atoms with Crippen molar-refractivity contribution < 1.29 is 4.79 Å². The van der Waals surface area contributed by atoms with Gasteiger partial charge in [0.05, 0.1) is 4.88 Å². The van der Waals surface area contributed by atoms with Crippen molar-refractivity contribution in [2.24, 2.45) is 5.92 Å². The van der Waals surface area contributed by atoms with Crippen molar-refractivity contribution in [2.45, 2.75) is 19.8 Å². The number of fused-ring (bicyclic) bond motifs is 1. The fourth-order valence-electron chi connectivity index (χ4n) is 2.92. The van der Waals surface area contributed by atoms with Crippen molar-refractivity contribution in [3.8, 4) is 0 Å². The summed E-state index contributed by atoms with van der Waals surface area (Å²) in [4.78, 5) is 15.5. The van der Waals surface area contributed by atoms with Crippen molar-refractivity contribution >= 4 is 27.3 Å². The lowest BCUT2D eigenvalue weighted by atomic mass is 10.1. The summed E-state index contributed by atoms with van der Waals surface area (Å²) < 4.78 is 1.17. The molecule has 1 saturated heterocycles. The number of likely N-dealkylation sites (tertiary alicyclic amines) is 1. The molecule has 1 unspecified atom stereocenters. The molecule has 0 saturated carbocycles. The lowest BCUT2D eigenvalue weighted by Gasteiger charge is -2.20. The summed E-state index contributed by atoms with van der Waals surface area (Å²) in [5, 5.41) is 4.23. The minimum atomic E-state index is 0.0597. The molecule has 1 aliphatic rings. The molecule has 2 heterocycles. The van der Waals surface area contributed by atoms with Crippen molar-refractivity contribution in [3.63, 3.8) is 0 Å². The molecule has 112 valence electrons. The van der Waals surface area contributed by atoms with Gasteiger partial charge in [0.1, 0.15) is 0 Å². The number of carbonyl (C=O) groups excluding carboxylic acids is 1. The molecule has 1 amide bonds. The van der Waals surface area contributed by atoms with Crippen LogP contribution in [0.5, 0.6) is 0 Å². The number of nitrogens with zero attached hydrogens (tertiary/aromatic N) is 1. The minimum absolute atomic E-state index is 0.0597. The highest BCUT2D eigenvalue weighted by Gasteiger charge is 2.16. The Morgan fingerprint density at radius 2 is 2.10 bits per heavy atom. The van der Waals surface area contributed by atoms with E-state index >= 15 is 0 Å². The average molecular weight is 302 g/mol. The second kappa shape index (κ2) is 6.58. The third kappa shape index (κ3) is 3.63. The maximum Gasteiger partial charge on any atom is 0.261 e. The Balaban J connectivity index is 1.53. The Morgan fingerprint density at radius 1 is 1.33 bits per heavy atom. The normalized spacial score (nSPS) is 17.2. The Bertz CT molecular complexity index is 583. The summed E-state index contributed by atoms with van der Waals surface area (Å²) in [6, 6.07) is 10.1. The summed E-state index contributed by atoms with van der Waals surface area (Å²) in [6.45, 7) is 6.49. The predicted octanol–water partition coefficient (Wildman–Crippen LogP) is 3.36. The van der Waals surface area contributed by atoms with E-state index in [1.54, 1.807) is 11.3 Å². The number of hydrogen-bond donors (Lipinski definition) is 1. The molecule has 4 heteroatoms. The Morgan fingerprint density at radius 3 is 2.86 bits per heavy atom. The maximum atomic E-state index is 12.2. The third-order valence-corrected chi connectivity index (χ3v) is 5.14. The van der Waals surface area contributed by atoms with Gasteiger partial charge in [-0.2, -0.15) is 0 Å². The first-order valence-corrected chi connectivity index (χ1v) is 8.53. The second-order valence-corrected chi connectivity index (χ2v) is 7.06. The first-order chi connectivity index (χ1) is 10.2. The molecule has 3 rings (SSSR count). The van der Waals surface area contributed by atoms with Gasteiger partial charge in [0.2, 0.25) is 0 Å². The van der Waals surface area contributed by atoms with Gasteiger partial charge in [-0.05, 0) is 49.4 Å². The summed E-state index contributed by atoms with van der Waals surface area (Å²) in [5.41, 5.74) is 0. The topological polar surface area (TPSA) is 32.3 Å². The molecule has 2 aromatic rings. The summed E-state index contributed by atoms with van der Waals surface area (Å²) in [5.74, 6) is 0.561. The first-order valence-electron chi connectivity index (χ1n) is 7.71. The molecule has 0 bridgehead atoms. The molecular formula is C17H22N2OS. The highest BCUT2D eigenvalue weighted by molar-refractivity contribution is 7.20. The zero-order valence-electron chi connectivity index (χ0n) is 12.5. The Kier molecular flexibility index (Phi) is 4.56. The molecule has 1 N–H and O–H groups in total. The highest BCUT2D eigenvalue weighted by atomic mass is 32.1. The molecule has 0 spiro atoms. The average Bonchev–Trinajstić information content (AvgIpc) is 3.13. The number of carbonyl (C=O) groups is 1. The fraction of sp³-hybridized carbons (Fsp3) is 0.471. The largest absolute Gasteiger partial charge is 0.351 e. The fourth-order valence-corrected chi connectivity index (χ4v) is 3.90. The van der Waals surface area contributed by atoms with Crippen molar-refractivity contribution in [3.05, 3.63) is 35.2 Å². The van der Waals surface area contributed by atoms with Crippen LogP contribution in [0.1, 0.15) is 29.4 Å². The van der Waals surface area contributed by atoms with Gasteiger partial charge < -0.3 is 10.2 Å². The number of amides is 1. The molecule has 0 aliphatic carbocycles. The van der Waals surface area contributed by atoms with E-state index < -0.39 is 0 Å². The molecule has 1 aromatic carbocycles. The van der Waals surface area contributed by atoms with E-state index in [0.717, 1.165) is 23.4 Å². The van der Waals surface area contributed by atoms with Gasteiger partial charge in [0, 0.05) is 17.8 Å². The molecule has 21 heavy (non-hydrogen) atoms. The van der Waals surface area contributed by atoms with Crippen LogP contribution in [0, 0.1) is 5.92 Å². The van der Waals surface area contributed by atoms with Crippen molar-refractivity contribution in [2.75, 3.05) is 26.2 Å². The van der Waals surface area contributed by atoms with Crippen LogP contribution in [-0.2, 0) is 0 Å². The van der Waals surface area contributed by atoms with Gasteiger partial charge in [-0.25, -0.2) is 0 Å². The van der Waals surface area contributed by atoms with Crippen LogP contribution in [0.25, 0.3) is 10.1 Å².